The third-order valence-electron chi connectivity index (χ3n) is 2.47. The van der Waals surface area contributed by atoms with Crippen LogP contribution in [0.5, 0.6) is 0 Å². The second-order valence-corrected chi connectivity index (χ2v) is 6.55. The van der Waals surface area contributed by atoms with E-state index in [0.717, 1.165) is 19.5 Å². The van der Waals surface area contributed by atoms with Crippen LogP contribution in [0.2, 0.25) is 0 Å². The van der Waals surface area contributed by atoms with Crippen molar-refractivity contribution in [3.63, 3.8) is 0 Å². The van der Waals surface area contributed by atoms with E-state index in [1.165, 1.54) is 7.11 Å². The summed E-state index contributed by atoms with van der Waals surface area (Å²) in [5.41, 5.74) is 0. The fourth-order valence-electron chi connectivity index (χ4n) is 1.77. The van der Waals surface area contributed by atoms with Crippen molar-refractivity contribution in [2.75, 3.05) is 45.0 Å². The Labute approximate surface area is 128 Å². The van der Waals surface area contributed by atoms with Gasteiger partial charge in [0.15, 0.2) is 0 Å². The van der Waals surface area contributed by atoms with Crippen molar-refractivity contribution in [2.24, 2.45) is 0 Å². The lowest BCUT2D eigenvalue weighted by Crippen LogP contribution is -2.41. The van der Waals surface area contributed by atoms with Gasteiger partial charge < -0.3 is 4.52 Å². The normalized spacial score (nSPS) is 18.9. The highest BCUT2D eigenvalue weighted by Crippen LogP contribution is 2.55. The number of rotatable bonds is 5. The Kier molecular flexibility index (Phi) is 15.8. The predicted molar refractivity (Wildman–Crippen MR) is 86.5 cm³/mol. The molecular weight excluding hydrogens is 306 g/mol. The molecule has 0 bridgehead atoms. The Balaban J connectivity index is 0. The summed E-state index contributed by atoms with van der Waals surface area (Å²) in [5.74, 6) is 0.921. The van der Waals surface area contributed by atoms with Gasteiger partial charge in [-0.05, 0) is 6.42 Å². The average molecular weight is 335 g/mol. The summed E-state index contributed by atoms with van der Waals surface area (Å²) < 4.78 is 21.4. The van der Waals surface area contributed by atoms with Gasteiger partial charge >= 0.3 is 7.67 Å². The molecule has 1 aliphatic rings. The van der Waals surface area contributed by atoms with E-state index in [4.69, 9.17) is 27.7 Å². The van der Waals surface area contributed by atoms with Crippen LogP contribution in [0.4, 0.5) is 0 Å². The largest absolute Gasteiger partial charge is 0.345 e. The zero-order valence-electron chi connectivity index (χ0n) is 12.9. The molecular formula is C12H29Cl2N2O2P. The van der Waals surface area contributed by atoms with Crippen LogP contribution in [0.15, 0.2) is 0 Å². The molecule has 1 saturated heterocycles. The highest BCUT2D eigenvalue weighted by molar-refractivity contribution is 7.54. The second-order valence-electron chi connectivity index (χ2n) is 3.31. The van der Waals surface area contributed by atoms with Crippen molar-refractivity contribution in [2.45, 2.75) is 34.1 Å². The van der Waals surface area contributed by atoms with E-state index in [-0.39, 0.29) is 0 Å². The molecule has 0 aliphatic carbocycles. The zero-order chi connectivity index (χ0) is 15.3. The van der Waals surface area contributed by atoms with Crippen LogP contribution >= 0.6 is 30.9 Å². The molecule has 19 heavy (non-hydrogen) atoms. The molecule has 1 heterocycles. The van der Waals surface area contributed by atoms with Crippen LogP contribution < -0.4 is 0 Å². The van der Waals surface area contributed by atoms with Crippen LogP contribution in [-0.4, -0.2) is 54.4 Å². The van der Waals surface area contributed by atoms with Crippen molar-refractivity contribution in [1.82, 2.24) is 9.34 Å². The lowest BCUT2D eigenvalue weighted by molar-refractivity contribution is 0.212. The van der Waals surface area contributed by atoms with Crippen LogP contribution in [0.3, 0.4) is 0 Å². The quantitative estimate of drug-likeness (QED) is 0.555. The Bertz CT molecular complexity index is 224. The molecule has 4 nitrogen and oxygen atoms in total. The highest BCUT2D eigenvalue weighted by Gasteiger charge is 2.39. The molecule has 1 aliphatic heterocycles. The van der Waals surface area contributed by atoms with Gasteiger partial charge in [-0.25, -0.2) is 9.34 Å². The van der Waals surface area contributed by atoms with Gasteiger partial charge in [-0.3, -0.25) is 4.57 Å². The van der Waals surface area contributed by atoms with E-state index in [1.54, 1.807) is 0 Å². The summed E-state index contributed by atoms with van der Waals surface area (Å²) in [5, 5.41) is 0. The molecule has 0 atom stereocenters. The number of nitrogens with zero attached hydrogens (tertiary/aromatic N) is 2. The summed E-state index contributed by atoms with van der Waals surface area (Å²) in [7, 11) is -1.37. The van der Waals surface area contributed by atoms with E-state index in [9.17, 15) is 4.57 Å². The first-order chi connectivity index (χ1) is 9.19. The van der Waals surface area contributed by atoms with Crippen molar-refractivity contribution in [3.05, 3.63) is 0 Å². The molecule has 1 fully saturated rings. The number of alkyl halides is 2. The monoisotopic (exact) mass is 334 g/mol. The Morgan fingerprint density at radius 3 is 1.63 bits per heavy atom. The third-order valence-corrected chi connectivity index (χ3v) is 5.51. The van der Waals surface area contributed by atoms with E-state index < -0.39 is 7.67 Å². The summed E-state index contributed by atoms with van der Waals surface area (Å²) in [6, 6.07) is 0. The summed E-state index contributed by atoms with van der Waals surface area (Å²) in [6.45, 7) is 10.7. The minimum Gasteiger partial charge on any atom is -0.309 e. The van der Waals surface area contributed by atoms with Crippen LogP contribution in [0.1, 0.15) is 34.1 Å². The minimum atomic E-state index is -2.85. The first-order valence-electron chi connectivity index (χ1n) is 6.97. The van der Waals surface area contributed by atoms with Crippen LogP contribution in [0.25, 0.3) is 0 Å². The lowest BCUT2D eigenvalue weighted by Gasteiger charge is -2.41. The SMILES string of the molecule is CC.CC.COP1(=O)N(CCCl)CCCN1CCCl. The maximum atomic E-state index is 12.6. The Morgan fingerprint density at radius 1 is 1.00 bits per heavy atom. The number of hydrogen-bond acceptors (Lipinski definition) is 2. The van der Waals surface area contributed by atoms with Gasteiger partial charge in [0.1, 0.15) is 0 Å². The summed E-state index contributed by atoms with van der Waals surface area (Å²) >= 11 is 11.4. The first-order valence-corrected chi connectivity index (χ1v) is 9.57. The van der Waals surface area contributed by atoms with Crippen molar-refractivity contribution >= 4 is 30.9 Å². The smallest absolute Gasteiger partial charge is 0.309 e. The fraction of sp³-hybridized carbons (Fsp3) is 1.00. The van der Waals surface area contributed by atoms with Crippen LogP contribution in [0, 0.1) is 0 Å². The topological polar surface area (TPSA) is 32.8 Å². The molecule has 0 N–H and O–H groups in total. The predicted octanol–water partition coefficient (Wildman–Crippen LogP) is 4.28. The van der Waals surface area contributed by atoms with E-state index >= 15 is 0 Å². The van der Waals surface area contributed by atoms with Gasteiger partial charge in [0, 0.05) is 45.0 Å². The van der Waals surface area contributed by atoms with Crippen molar-refractivity contribution in [1.29, 1.82) is 0 Å². The Morgan fingerprint density at radius 2 is 1.37 bits per heavy atom. The van der Waals surface area contributed by atoms with Crippen LogP contribution in [-0.2, 0) is 9.09 Å². The molecule has 0 aromatic carbocycles. The minimum absolute atomic E-state index is 0.460. The molecule has 0 unspecified atom stereocenters. The maximum Gasteiger partial charge on any atom is 0.345 e. The van der Waals surface area contributed by atoms with Crippen molar-refractivity contribution < 1.29 is 9.09 Å². The molecule has 0 saturated carbocycles. The van der Waals surface area contributed by atoms with Gasteiger partial charge in [-0.1, -0.05) is 27.7 Å². The highest BCUT2D eigenvalue weighted by atomic mass is 35.5. The third kappa shape index (κ3) is 6.79. The lowest BCUT2D eigenvalue weighted by atomic mass is 10.4. The van der Waals surface area contributed by atoms with Gasteiger partial charge in [0.25, 0.3) is 0 Å². The molecule has 118 valence electrons. The molecule has 0 aromatic rings. The standard InChI is InChI=1S/C8H17Cl2N2O2P.2C2H6/c1-14-15(13)11(7-3-9)5-2-6-12(15)8-4-10;2*1-2/h2-8H2,1H3;2*1-2H3. The summed E-state index contributed by atoms with van der Waals surface area (Å²) in [4.78, 5) is 0. The molecule has 0 aromatic heterocycles. The van der Waals surface area contributed by atoms with Gasteiger partial charge in [0.05, 0.1) is 0 Å². The van der Waals surface area contributed by atoms with E-state index in [2.05, 4.69) is 0 Å². The van der Waals surface area contributed by atoms with Gasteiger partial charge in [0.2, 0.25) is 0 Å². The molecule has 0 radical (unpaired) electrons. The molecule has 0 spiro atoms. The van der Waals surface area contributed by atoms with E-state index in [0.29, 0.717) is 24.8 Å². The van der Waals surface area contributed by atoms with Gasteiger partial charge in [-0.2, -0.15) is 0 Å². The fourth-order valence-corrected chi connectivity index (χ4v) is 4.73. The molecule has 0 amide bonds. The summed E-state index contributed by atoms with van der Waals surface area (Å²) in [6.07, 6.45) is 0.973. The number of halogens is 2. The first kappa shape index (κ1) is 22.0. The van der Waals surface area contributed by atoms with Crippen molar-refractivity contribution in [3.8, 4) is 0 Å². The zero-order valence-corrected chi connectivity index (χ0v) is 15.3. The Hall–Kier alpha value is 0.690. The van der Waals surface area contributed by atoms with E-state index in [1.807, 2.05) is 37.0 Å². The molecule has 1 rings (SSSR count). The molecule has 7 heteroatoms. The van der Waals surface area contributed by atoms with Gasteiger partial charge in [-0.15, -0.1) is 23.2 Å². The maximum absolute atomic E-state index is 12.6. The second kappa shape index (κ2) is 13.7. The number of hydrogen-bond donors (Lipinski definition) is 0. The average Bonchev–Trinajstić information content (AvgIpc) is 2.48.